The monoisotopic (exact) mass is 1120 g/mol. The van der Waals surface area contributed by atoms with Crippen LogP contribution in [0.15, 0.2) is 55.2 Å². The van der Waals surface area contributed by atoms with Gasteiger partial charge in [-0.2, -0.15) is 4.98 Å². The summed E-state index contributed by atoms with van der Waals surface area (Å²) in [7, 11) is -0.318. The Hall–Kier alpha value is -5.54. The lowest BCUT2D eigenvalue weighted by Gasteiger charge is -2.60. The fourth-order valence-corrected chi connectivity index (χ4v) is 16.1. The van der Waals surface area contributed by atoms with Gasteiger partial charge in [-0.25, -0.2) is 27.4 Å². The number of sulfone groups is 1. The molecule has 12 rings (SSSR count). The number of ketones is 1. The zero-order chi connectivity index (χ0) is 56.9. The fourth-order valence-electron chi connectivity index (χ4n) is 15.4. The van der Waals surface area contributed by atoms with E-state index in [1.54, 1.807) is 37.4 Å². The smallest absolute Gasteiger partial charge is 0.410 e. The summed E-state index contributed by atoms with van der Waals surface area (Å²) in [5, 5.41) is 13.1. The van der Waals surface area contributed by atoms with Gasteiger partial charge in [0.05, 0.1) is 18.5 Å². The number of esters is 1. The van der Waals surface area contributed by atoms with Crippen molar-refractivity contribution in [2.45, 2.75) is 173 Å². The first-order valence-corrected chi connectivity index (χ1v) is 30.3. The molecule has 1 spiro atoms. The first kappa shape index (κ1) is 56.7. The van der Waals surface area contributed by atoms with Crippen LogP contribution in [0.1, 0.15) is 144 Å². The highest BCUT2D eigenvalue weighted by Crippen LogP contribution is 2.82. The van der Waals surface area contributed by atoms with Crippen LogP contribution in [0.2, 0.25) is 0 Å². The lowest BCUT2D eigenvalue weighted by Crippen LogP contribution is -2.57. The van der Waals surface area contributed by atoms with E-state index in [-0.39, 0.29) is 68.6 Å². The number of carbonyl (C=O) groups is 3. The van der Waals surface area contributed by atoms with Gasteiger partial charge < -0.3 is 33.3 Å². The van der Waals surface area contributed by atoms with Gasteiger partial charge in [0.2, 0.25) is 5.82 Å². The van der Waals surface area contributed by atoms with Crippen molar-refractivity contribution < 1.29 is 51.0 Å². The van der Waals surface area contributed by atoms with Crippen molar-refractivity contribution in [2.24, 2.45) is 66.4 Å². The van der Waals surface area contributed by atoms with Crippen molar-refractivity contribution in [3.8, 4) is 11.4 Å². The van der Waals surface area contributed by atoms with Crippen LogP contribution < -0.4 is 11.2 Å². The molecule has 79 heavy (non-hydrogen) atoms. The first-order chi connectivity index (χ1) is 37.2. The molecule has 4 aromatic rings. The number of aliphatic hydroxyl groups excluding tert-OH is 1. The van der Waals surface area contributed by atoms with E-state index < -0.39 is 27.4 Å². The summed E-state index contributed by atoms with van der Waals surface area (Å²) in [6.45, 7) is 15.4. The molecule has 5 saturated carbocycles. The second kappa shape index (κ2) is 20.8. The molecule has 1 N–H and O–H groups in total. The third-order valence-corrected chi connectivity index (χ3v) is 20.3. The number of aromatic nitrogens is 6. The molecule has 0 bridgehead atoms. The summed E-state index contributed by atoms with van der Waals surface area (Å²) < 4.78 is 64.4. The number of allylic oxidation sites excluding steroid dienone is 1. The molecule has 0 radical (unpaired) electrons. The molecule has 21 heteroatoms. The van der Waals surface area contributed by atoms with E-state index in [4.69, 9.17) is 18.7 Å². The number of amides is 1. The number of carbonyl (C=O) groups excluding carboxylic acids is 3. The third kappa shape index (κ3) is 10.5. The molecule has 2 aliphatic heterocycles. The number of piperidine rings is 1. The number of aryl methyl sites for hydroxylation is 2. The summed E-state index contributed by atoms with van der Waals surface area (Å²) in [5.74, 6) is 5.13. The highest BCUT2D eigenvalue weighted by Gasteiger charge is 2.81. The van der Waals surface area contributed by atoms with Gasteiger partial charge in [-0.05, 0) is 170 Å². The minimum Gasteiger partial charge on any atom is -0.458 e. The van der Waals surface area contributed by atoms with Gasteiger partial charge in [-0.15, -0.1) is 0 Å². The van der Waals surface area contributed by atoms with E-state index in [9.17, 15) is 41.9 Å². The molecule has 12 atom stereocenters. The number of imidazole rings is 1. The second-order valence-corrected chi connectivity index (χ2v) is 27.5. The van der Waals surface area contributed by atoms with Crippen molar-refractivity contribution in [1.29, 1.82) is 0 Å². The number of benzene rings is 1. The average molecular weight is 1120 g/mol. The second-order valence-electron chi connectivity index (χ2n) is 25.5. The Balaban J connectivity index is 0.000000137. The van der Waals surface area contributed by atoms with Crippen LogP contribution in [0.4, 0.5) is 9.18 Å². The van der Waals surface area contributed by atoms with Gasteiger partial charge in [0.25, 0.3) is 11.4 Å². The van der Waals surface area contributed by atoms with Gasteiger partial charge >= 0.3 is 17.8 Å². The van der Waals surface area contributed by atoms with E-state index >= 15 is 0 Å². The number of ether oxygens (including phenoxy) is 3. The maximum Gasteiger partial charge on any atom is 0.410 e. The molecule has 2 saturated heterocycles. The van der Waals surface area contributed by atoms with Gasteiger partial charge in [-0.3, -0.25) is 23.5 Å². The summed E-state index contributed by atoms with van der Waals surface area (Å²) in [5.41, 5.74) is 1.79. The zero-order valence-corrected chi connectivity index (χ0v) is 48.1. The molecule has 7 fully saturated rings. The molecule has 1 amide bonds. The number of hydrogen-bond donors (Lipinski definition) is 1. The predicted octanol–water partition coefficient (Wildman–Crippen LogP) is 8.05. The van der Waals surface area contributed by atoms with Crippen LogP contribution in [0, 0.1) is 58.1 Å². The summed E-state index contributed by atoms with van der Waals surface area (Å²) in [6.07, 6.45) is 15.2. The standard InChI is InChI=1S/C24H30O3.C21H28FN3O6S.C13H20N4O3/c1-22-6-3-12(25)9-17(22)13-10-14(13)20-16(22)4-7-23(2)21(20)15-11-18(15)24(23)8-5-19(26)27-24;1-13(29-15-8-10-25(11-9-15)20(26)30-21(2,3)4)19-23-18(24-31-19)14-6-7-17(16(22)12-14)32(5,27)28;1-9(18)6-4-5-7-17-12(19)10-11(14-8-15(10)2)16(3)13(17)20/h9,13-16,18,20-21H,3-8,10-11H2,1-2H3;6-7,12-13,15H,8-11H2,1-5H3;8-9,18H,4-7H2,1-3H3/t13-,14+,15-,16+,18+,20-,21+,22-,23+,24+;13-;9-/m111/s1. The molecule has 430 valence electrons. The Morgan fingerprint density at radius 1 is 0.975 bits per heavy atom. The number of fused-ring (bicyclic) bond motifs is 13. The van der Waals surface area contributed by atoms with Crippen molar-refractivity contribution in [3.05, 3.63) is 68.7 Å². The van der Waals surface area contributed by atoms with Gasteiger partial charge in [-0.1, -0.05) is 24.6 Å². The summed E-state index contributed by atoms with van der Waals surface area (Å²) >= 11 is 0. The van der Waals surface area contributed by atoms with Crippen LogP contribution in [0.3, 0.4) is 0 Å². The van der Waals surface area contributed by atoms with E-state index in [1.807, 2.05) is 20.8 Å². The summed E-state index contributed by atoms with van der Waals surface area (Å²) in [4.78, 5) is 70.6. The SMILES string of the molecule is C[C@@H](O)CCCCn1c(=O)c2c(ncn2C)n(C)c1=O.C[C@@H](OC1CCN(C(=O)OC(C)(C)C)CC1)c1nc(-c2ccc(S(C)(=O)=O)c(F)c2)no1.C[C@]12CCC(=O)C=C1[C@@H]1C[C@@H]1[C@H]1[C@@H]3[C@@H]4C[C@@H]4[C@@]4(CCC(=O)O4)[C@@]3(C)CC[C@@H]12. The van der Waals surface area contributed by atoms with Crippen LogP contribution in [-0.4, -0.2) is 108 Å². The molecule has 6 aliphatic carbocycles. The zero-order valence-electron chi connectivity index (χ0n) is 47.3. The largest absolute Gasteiger partial charge is 0.458 e. The normalized spacial score (nSPS) is 31.3. The number of rotatable bonds is 10. The molecule has 1 aromatic carbocycles. The predicted molar refractivity (Wildman–Crippen MR) is 288 cm³/mol. The minimum atomic E-state index is -3.67. The van der Waals surface area contributed by atoms with Crippen molar-refractivity contribution >= 4 is 38.8 Å². The van der Waals surface area contributed by atoms with Crippen LogP contribution in [0.25, 0.3) is 22.6 Å². The fraction of sp³-hybridized carbons (Fsp3) is 0.690. The maximum atomic E-state index is 14.2. The van der Waals surface area contributed by atoms with Gasteiger partial charge in [0, 0.05) is 69.7 Å². The third-order valence-electron chi connectivity index (χ3n) is 19.2. The number of halogens is 1. The molecular formula is C58H78FN7O12S. The quantitative estimate of drug-likeness (QED) is 0.117. The van der Waals surface area contributed by atoms with Gasteiger partial charge in [0.1, 0.15) is 28.0 Å². The molecule has 8 aliphatic rings. The lowest BCUT2D eigenvalue weighted by molar-refractivity contribution is -0.177. The van der Waals surface area contributed by atoms with Crippen LogP contribution >= 0.6 is 0 Å². The highest BCUT2D eigenvalue weighted by molar-refractivity contribution is 7.90. The van der Waals surface area contributed by atoms with Crippen molar-refractivity contribution in [2.75, 3.05) is 19.3 Å². The highest BCUT2D eigenvalue weighted by atomic mass is 32.2. The van der Waals surface area contributed by atoms with Crippen molar-refractivity contribution in [3.63, 3.8) is 0 Å². The molecule has 0 unspecified atom stereocenters. The van der Waals surface area contributed by atoms with Crippen LogP contribution in [0.5, 0.6) is 0 Å². The number of unbranched alkanes of at least 4 members (excludes halogenated alkanes) is 1. The van der Waals surface area contributed by atoms with E-state index in [2.05, 4.69) is 35.0 Å². The molecule has 5 heterocycles. The molecule has 3 aromatic heterocycles. The number of nitrogens with zero attached hydrogens (tertiary/aromatic N) is 7. The van der Waals surface area contributed by atoms with Crippen LogP contribution in [-0.2, 0) is 54.3 Å². The Bertz CT molecular complexity index is 3310. The maximum absolute atomic E-state index is 14.2. The van der Waals surface area contributed by atoms with E-state index in [0.717, 1.165) is 67.6 Å². The lowest BCUT2D eigenvalue weighted by atomic mass is 9.45. The number of hydrogen-bond acceptors (Lipinski definition) is 15. The minimum absolute atomic E-state index is 0.0561. The van der Waals surface area contributed by atoms with E-state index in [0.29, 0.717) is 86.1 Å². The molecular weight excluding hydrogens is 1040 g/mol. The number of aliphatic hydroxyl groups is 1. The van der Waals surface area contributed by atoms with Crippen molar-refractivity contribution in [1.82, 2.24) is 33.7 Å². The topological polar surface area (TPSA) is 237 Å². The Morgan fingerprint density at radius 2 is 1.71 bits per heavy atom. The average Bonchev–Trinajstić information content (AvgIpc) is 1.66. The summed E-state index contributed by atoms with van der Waals surface area (Å²) in [6, 6.07) is 3.66. The Morgan fingerprint density at radius 3 is 2.37 bits per heavy atom. The Kier molecular flexibility index (Phi) is 14.9. The number of likely N-dealkylation sites (tertiary alicyclic amines) is 1. The van der Waals surface area contributed by atoms with Gasteiger partial charge in [0.15, 0.2) is 26.8 Å². The molecule has 19 nitrogen and oxygen atoms in total. The Labute approximate surface area is 460 Å². The van der Waals surface area contributed by atoms with E-state index in [1.165, 1.54) is 58.9 Å². The first-order valence-electron chi connectivity index (χ1n) is 28.4.